The molecule has 19 heavy (non-hydrogen) atoms. The summed E-state index contributed by atoms with van der Waals surface area (Å²) in [6.07, 6.45) is 3.08. The third-order valence-electron chi connectivity index (χ3n) is 2.48. The molecular weight excluding hydrogens is 262 g/mol. The van der Waals surface area contributed by atoms with E-state index in [9.17, 15) is 8.42 Å². The summed E-state index contributed by atoms with van der Waals surface area (Å²) in [4.78, 5) is 4.23. The first kappa shape index (κ1) is 13.3. The van der Waals surface area contributed by atoms with Crippen molar-refractivity contribution in [1.82, 2.24) is 4.98 Å². The van der Waals surface area contributed by atoms with Gasteiger partial charge in [-0.3, -0.25) is 4.98 Å². The maximum atomic E-state index is 12.1. The summed E-state index contributed by atoms with van der Waals surface area (Å²) >= 11 is 0. The van der Waals surface area contributed by atoms with Gasteiger partial charge in [-0.05, 0) is 36.4 Å². The summed E-state index contributed by atoms with van der Waals surface area (Å²) < 4.78 is 29.2. The average molecular weight is 275 g/mol. The molecule has 98 valence electrons. The average Bonchev–Trinajstić information content (AvgIpc) is 2.46. The first-order chi connectivity index (χ1) is 9.12. The highest BCUT2D eigenvalue weighted by Crippen LogP contribution is 2.19. The topological polar surface area (TPSA) is 56.3 Å². The van der Waals surface area contributed by atoms with Gasteiger partial charge in [-0.25, -0.2) is 8.42 Å². The number of nitrogens with zero attached hydrogens (tertiary/aromatic N) is 1. The normalized spacial score (nSPS) is 11.6. The van der Waals surface area contributed by atoms with E-state index in [1.165, 1.54) is 25.3 Å². The Morgan fingerprint density at radius 2 is 2.00 bits per heavy atom. The molecule has 0 radical (unpaired) electrons. The van der Waals surface area contributed by atoms with Crippen molar-refractivity contribution >= 4 is 15.9 Å². The smallest absolute Gasteiger partial charge is 0.200 e. The molecule has 0 atom stereocenters. The van der Waals surface area contributed by atoms with E-state index in [1.54, 1.807) is 36.5 Å². The zero-order valence-corrected chi connectivity index (χ0v) is 11.2. The molecule has 0 saturated carbocycles. The van der Waals surface area contributed by atoms with Gasteiger partial charge < -0.3 is 4.74 Å². The number of benzene rings is 1. The Morgan fingerprint density at radius 3 is 2.68 bits per heavy atom. The number of hydrogen-bond acceptors (Lipinski definition) is 4. The fourth-order valence-corrected chi connectivity index (χ4v) is 2.51. The molecule has 1 aromatic heterocycles. The zero-order chi connectivity index (χ0) is 13.7. The standard InChI is InChI=1S/C14H13NO3S/c1-18-13-6-4-7-14(11-13)19(16,17)10-8-12-5-2-3-9-15-12/h2-11H,1H3/b10-8+. The summed E-state index contributed by atoms with van der Waals surface area (Å²) in [6, 6.07) is 11.6. The van der Waals surface area contributed by atoms with E-state index in [2.05, 4.69) is 4.98 Å². The second kappa shape index (κ2) is 5.67. The van der Waals surface area contributed by atoms with Gasteiger partial charge in [-0.15, -0.1) is 0 Å². The fourth-order valence-electron chi connectivity index (χ4n) is 1.49. The van der Waals surface area contributed by atoms with E-state index in [4.69, 9.17) is 4.74 Å². The SMILES string of the molecule is COc1cccc(S(=O)(=O)/C=C/c2ccccn2)c1. The number of methoxy groups -OCH3 is 1. The summed E-state index contributed by atoms with van der Waals surface area (Å²) in [7, 11) is -2.00. The lowest BCUT2D eigenvalue weighted by Gasteiger charge is -2.02. The van der Waals surface area contributed by atoms with Crippen LogP contribution in [0.15, 0.2) is 59.0 Å². The first-order valence-electron chi connectivity index (χ1n) is 5.60. The number of aromatic nitrogens is 1. The van der Waals surface area contributed by atoms with Crippen LogP contribution in [0.4, 0.5) is 0 Å². The molecule has 0 unspecified atom stereocenters. The Kier molecular flexibility index (Phi) is 3.97. The van der Waals surface area contributed by atoms with Gasteiger partial charge in [0, 0.05) is 11.6 Å². The van der Waals surface area contributed by atoms with Crippen molar-refractivity contribution < 1.29 is 13.2 Å². The Morgan fingerprint density at radius 1 is 1.16 bits per heavy atom. The van der Waals surface area contributed by atoms with E-state index < -0.39 is 9.84 Å². The van der Waals surface area contributed by atoms with Gasteiger partial charge >= 0.3 is 0 Å². The van der Waals surface area contributed by atoms with Gasteiger partial charge in [0.1, 0.15) is 5.75 Å². The van der Waals surface area contributed by atoms with Crippen molar-refractivity contribution in [2.24, 2.45) is 0 Å². The van der Waals surface area contributed by atoms with Crippen LogP contribution in [0.2, 0.25) is 0 Å². The quantitative estimate of drug-likeness (QED) is 0.860. The third-order valence-corrected chi connectivity index (χ3v) is 3.88. The maximum Gasteiger partial charge on any atom is 0.200 e. The molecule has 0 aliphatic rings. The molecular formula is C14H13NO3S. The molecule has 0 bridgehead atoms. The molecule has 1 aromatic carbocycles. The number of sulfone groups is 1. The van der Waals surface area contributed by atoms with Gasteiger partial charge in [0.15, 0.2) is 9.84 Å². The predicted molar refractivity (Wildman–Crippen MR) is 73.5 cm³/mol. The van der Waals surface area contributed by atoms with Crippen LogP contribution >= 0.6 is 0 Å². The van der Waals surface area contributed by atoms with Gasteiger partial charge in [0.2, 0.25) is 0 Å². The summed E-state index contributed by atoms with van der Waals surface area (Å²) in [6.45, 7) is 0. The molecule has 2 aromatic rings. The molecule has 0 amide bonds. The van der Waals surface area contributed by atoms with Crippen molar-refractivity contribution in [3.05, 3.63) is 59.8 Å². The van der Waals surface area contributed by atoms with Crippen LogP contribution in [0.3, 0.4) is 0 Å². The van der Waals surface area contributed by atoms with E-state index in [0.29, 0.717) is 11.4 Å². The predicted octanol–water partition coefficient (Wildman–Crippen LogP) is 2.53. The summed E-state index contributed by atoms with van der Waals surface area (Å²) in [5, 5.41) is 1.14. The van der Waals surface area contributed by atoms with E-state index in [-0.39, 0.29) is 4.90 Å². The molecule has 1 heterocycles. The number of rotatable bonds is 4. The van der Waals surface area contributed by atoms with Crippen molar-refractivity contribution in [3.8, 4) is 5.75 Å². The van der Waals surface area contributed by atoms with E-state index in [1.807, 2.05) is 0 Å². The molecule has 5 heteroatoms. The highest BCUT2D eigenvalue weighted by molar-refractivity contribution is 7.94. The summed E-state index contributed by atoms with van der Waals surface area (Å²) in [5.41, 5.74) is 0.592. The van der Waals surface area contributed by atoms with Crippen LogP contribution in [0.5, 0.6) is 5.75 Å². The van der Waals surface area contributed by atoms with Crippen molar-refractivity contribution in [3.63, 3.8) is 0 Å². The lowest BCUT2D eigenvalue weighted by molar-refractivity contribution is 0.413. The molecule has 0 aliphatic carbocycles. The van der Waals surface area contributed by atoms with E-state index in [0.717, 1.165) is 5.41 Å². The van der Waals surface area contributed by atoms with Crippen LogP contribution < -0.4 is 4.74 Å². The second-order valence-corrected chi connectivity index (χ2v) is 5.61. The lowest BCUT2D eigenvalue weighted by atomic mass is 10.3. The van der Waals surface area contributed by atoms with Gasteiger partial charge in [-0.1, -0.05) is 12.1 Å². The molecule has 0 fully saturated rings. The molecule has 0 N–H and O–H groups in total. The van der Waals surface area contributed by atoms with Gasteiger partial charge in [-0.2, -0.15) is 0 Å². The Labute approximate surface area is 112 Å². The number of pyridine rings is 1. The number of hydrogen-bond donors (Lipinski definition) is 0. The Bertz CT molecular complexity index is 679. The van der Waals surface area contributed by atoms with Gasteiger partial charge in [0.25, 0.3) is 0 Å². The minimum atomic E-state index is -3.49. The molecule has 2 rings (SSSR count). The van der Waals surface area contributed by atoms with Crippen LogP contribution in [-0.2, 0) is 9.84 Å². The Hall–Kier alpha value is -2.14. The number of ether oxygens (including phenoxy) is 1. The largest absolute Gasteiger partial charge is 0.497 e. The monoisotopic (exact) mass is 275 g/mol. The van der Waals surface area contributed by atoms with Crippen LogP contribution in [0.1, 0.15) is 5.69 Å². The highest BCUT2D eigenvalue weighted by Gasteiger charge is 2.10. The molecule has 4 nitrogen and oxygen atoms in total. The third kappa shape index (κ3) is 3.42. The second-order valence-electron chi connectivity index (χ2n) is 3.78. The van der Waals surface area contributed by atoms with Crippen LogP contribution in [0, 0.1) is 0 Å². The van der Waals surface area contributed by atoms with E-state index >= 15 is 0 Å². The van der Waals surface area contributed by atoms with Crippen molar-refractivity contribution in [1.29, 1.82) is 0 Å². The zero-order valence-electron chi connectivity index (χ0n) is 10.4. The first-order valence-corrected chi connectivity index (χ1v) is 7.15. The van der Waals surface area contributed by atoms with Crippen LogP contribution in [-0.4, -0.2) is 20.5 Å². The molecule has 0 spiro atoms. The minimum Gasteiger partial charge on any atom is -0.497 e. The Balaban J connectivity index is 2.30. The minimum absolute atomic E-state index is 0.194. The summed E-state index contributed by atoms with van der Waals surface area (Å²) in [5.74, 6) is 0.507. The highest BCUT2D eigenvalue weighted by atomic mass is 32.2. The molecule has 0 saturated heterocycles. The van der Waals surface area contributed by atoms with Crippen molar-refractivity contribution in [2.75, 3.05) is 7.11 Å². The fraction of sp³-hybridized carbons (Fsp3) is 0.0714. The maximum absolute atomic E-state index is 12.1. The lowest BCUT2D eigenvalue weighted by Crippen LogP contribution is -1.96. The van der Waals surface area contributed by atoms with Gasteiger partial charge in [0.05, 0.1) is 17.7 Å². The van der Waals surface area contributed by atoms with Crippen LogP contribution in [0.25, 0.3) is 6.08 Å². The van der Waals surface area contributed by atoms with Crippen molar-refractivity contribution in [2.45, 2.75) is 4.90 Å². The molecule has 0 aliphatic heterocycles.